The second-order valence-corrected chi connectivity index (χ2v) is 7.16. The lowest BCUT2D eigenvalue weighted by Crippen LogP contribution is -2.02. The van der Waals surface area contributed by atoms with Gasteiger partial charge >= 0.3 is 0 Å². The Bertz CT molecular complexity index is 1040. The number of nitrogens with one attached hydrogen (secondary N) is 1. The number of fused-ring (bicyclic) bond motifs is 1. The van der Waals surface area contributed by atoms with E-state index in [1.54, 1.807) is 29.5 Å². The highest BCUT2D eigenvalue weighted by Crippen LogP contribution is 2.32. The van der Waals surface area contributed by atoms with Crippen LogP contribution in [-0.2, 0) is 12.8 Å². The molecule has 0 saturated heterocycles. The van der Waals surface area contributed by atoms with Crippen LogP contribution >= 0.6 is 11.3 Å². The molecule has 2 aromatic carbocycles. The van der Waals surface area contributed by atoms with Gasteiger partial charge in [-0.05, 0) is 30.2 Å². The van der Waals surface area contributed by atoms with Crippen molar-refractivity contribution in [1.29, 1.82) is 0 Å². The zero-order chi connectivity index (χ0) is 17.9. The Morgan fingerprint density at radius 2 is 1.77 bits per heavy atom. The molecule has 2 aromatic heterocycles. The quantitative estimate of drug-likeness (QED) is 0.492. The first-order valence-corrected chi connectivity index (χ1v) is 9.39. The van der Waals surface area contributed by atoms with Crippen molar-refractivity contribution in [3.05, 3.63) is 82.7 Å². The molecular weight excluding hydrogens is 345 g/mol. The minimum atomic E-state index is -0.296. The molecule has 1 N–H and O–H groups in total. The highest BCUT2D eigenvalue weighted by atomic mass is 32.1. The van der Waals surface area contributed by atoms with Gasteiger partial charge in [0.25, 0.3) is 0 Å². The van der Waals surface area contributed by atoms with E-state index in [1.165, 1.54) is 10.9 Å². The number of anilines is 2. The summed E-state index contributed by atoms with van der Waals surface area (Å²) < 4.78 is 14.1. The van der Waals surface area contributed by atoms with E-state index in [1.807, 2.05) is 18.2 Å². The van der Waals surface area contributed by atoms with Crippen LogP contribution in [0.1, 0.15) is 23.2 Å². The third-order valence-electron chi connectivity index (χ3n) is 4.17. The SMILES string of the molecule is CCc1cc2c(Nc3ccccc3F)nc(Cc3ccccc3)nc2s1. The molecule has 0 bridgehead atoms. The first-order chi connectivity index (χ1) is 12.7. The molecule has 0 amide bonds. The number of aromatic nitrogens is 2. The first kappa shape index (κ1) is 16.7. The largest absolute Gasteiger partial charge is 0.337 e. The van der Waals surface area contributed by atoms with Gasteiger partial charge in [-0.25, -0.2) is 14.4 Å². The summed E-state index contributed by atoms with van der Waals surface area (Å²) in [5.74, 6) is 1.09. The Morgan fingerprint density at radius 3 is 2.54 bits per heavy atom. The smallest absolute Gasteiger partial charge is 0.146 e. The molecular formula is C21H18FN3S. The van der Waals surface area contributed by atoms with Crippen molar-refractivity contribution in [3.8, 4) is 0 Å². The van der Waals surface area contributed by atoms with Gasteiger partial charge < -0.3 is 5.32 Å². The maximum atomic E-state index is 14.1. The normalized spacial score (nSPS) is 11.0. The number of halogens is 1. The number of nitrogens with zero attached hydrogens (tertiary/aromatic N) is 2. The molecule has 0 saturated carbocycles. The molecule has 26 heavy (non-hydrogen) atoms. The minimum absolute atomic E-state index is 0.296. The molecule has 4 rings (SSSR count). The Kier molecular flexibility index (Phi) is 4.63. The van der Waals surface area contributed by atoms with E-state index in [0.29, 0.717) is 17.9 Å². The Morgan fingerprint density at radius 1 is 1.00 bits per heavy atom. The molecule has 2 heterocycles. The van der Waals surface area contributed by atoms with Crippen LogP contribution in [0, 0.1) is 5.82 Å². The average molecular weight is 363 g/mol. The third kappa shape index (κ3) is 3.44. The molecule has 130 valence electrons. The van der Waals surface area contributed by atoms with Crippen LogP contribution in [0.25, 0.3) is 10.2 Å². The molecule has 0 aliphatic carbocycles. The molecule has 0 spiro atoms. The average Bonchev–Trinajstić information content (AvgIpc) is 3.08. The highest BCUT2D eigenvalue weighted by molar-refractivity contribution is 7.18. The van der Waals surface area contributed by atoms with E-state index in [2.05, 4.69) is 30.4 Å². The Balaban J connectivity index is 1.78. The fourth-order valence-corrected chi connectivity index (χ4v) is 3.82. The van der Waals surface area contributed by atoms with Crippen LogP contribution in [-0.4, -0.2) is 9.97 Å². The van der Waals surface area contributed by atoms with Crippen molar-refractivity contribution in [1.82, 2.24) is 9.97 Å². The van der Waals surface area contributed by atoms with Crippen molar-refractivity contribution in [3.63, 3.8) is 0 Å². The van der Waals surface area contributed by atoms with Gasteiger partial charge in [-0.15, -0.1) is 11.3 Å². The lowest BCUT2D eigenvalue weighted by molar-refractivity contribution is 0.632. The third-order valence-corrected chi connectivity index (χ3v) is 5.34. The molecule has 0 aliphatic rings. The van der Waals surface area contributed by atoms with Crippen molar-refractivity contribution < 1.29 is 4.39 Å². The minimum Gasteiger partial charge on any atom is -0.337 e. The number of aryl methyl sites for hydroxylation is 1. The first-order valence-electron chi connectivity index (χ1n) is 8.57. The number of benzene rings is 2. The molecule has 3 nitrogen and oxygen atoms in total. The predicted octanol–water partition coefficient (Wildman–Crippen LogP) is 5.73. The Hall–Kier alpha value is -2.79. The fourth-order valence-electron chi connectivity index (χ4n) is 2.83. The van der Waals surface area contributed by atoms with Crippen LogP contribution in [0.4, 0.5) is 15.9 Å². The Labute approximate surface area is 155 Å². The van der Waals surface area contributed by atoms with E-state index in [0.717, 1.165) is 28.0 Å². The fraction of sp³-hybridized carbons (Fsp3) is 0.143. The maximum absolute atomic E-state index is 14.1. The van der Waals surface area contributed by atoms with E-state index in [4.69, 9.17) is 9.97 Å². The highest BCUT2D eigenvalue weighted by Gasteiger charge is 2.13. The van der Waals surface area contributed by atoms with Gasteiger partial charge in [0.2, 0.25) is 0 Å². The topological polar surface area (TPSA) is 37.8 Å². The standard InChI is InChI=1S/C21H18FN3S/c1-2-15-13-16-20(23-18-11-7-6-10-17(18)22)24-19(25-21(16)26-15)12-14-8-4-3-5-9-14/h3-11,13H,2,12H2,1H3,(H,23,24,25). The van der Waals surface area contributed by atoms with Crippen molar-refractivity contribution in [2.24, 2.45) is 0 Å². The van der Waals surface area contributed by atoms with Crippen LogP contribution in [0.5, 0.6) is 0 Å². The molecule has 4 aromatic rings. The summed E-state index contributed by atoms with van der Waals surface area (Å²) in [5.41, 5.74) is 1.57. The van der Waals surface area contributed by atoms with Crippen LogP contribution in [0.3, 0.4) is 0 Å². The van der Waals surface area contributed by atoms with E-state index >= 15 is 0 Å². The van der Waals surface area contributed by atoms with Gasteiger partial charge in [0.1, 0.15) is 22.3 Å². The second kappa shape index (κ2) is 7.22. The number of hydrogen-bond acceptors (Lipinski definition) is 4. The molecule has 0 radical (unpaired) electrons. The predicted molar refractivity (Wildman–Crippen MR) is 106 cm³/mol. The van der Waals surface area contributed by atoms with Gasteiger partial charge in [0.15, 0.2) is 0 Å². The van der Waals surface area contributed by atoms with Crippen molar-refractivity contribution in [2.45, 2.75) is 19.8 Å². The summed E-state index contributed by atoms with van der Waals surface area (Å²) >= 11 is 1.67. The monoisotopic (exact) mass is 363 g/mol. The zero-order valence-electron chi connectivity index (χ0n) is 14.4. The van der Waals surface area contributed by atoms with E-state index in [-0.39, 0.29) is 5.82 Å². The summed E-state index contributed by atoms with van der Waals surface area (Å²) in [6.07, 6.45) is 1.58. The molecule has 0 unspecified atom stereocenters. The summed E-state index contributed by atoms with van der Waals surface area (Å²) in [4.78, 5) is 11.6. The number of hydrogen-bond donors (Lipinski definition) is 1. The van der Waals surface area contributed by atoms with E-state index in [9.17, 15) is 4.39 Å². The van der Waals surface area contributed by atoms with E-state index < -0.39 is 0 Å². The van der Waals surface area contributed by atoms with Gasteiger partial charge in [0, 0.05) is 11.3 Å². The van der Waals surface area contributed by atoms with Crippen molar-refractivity contribution >= 4 is 33.1 Å². The number of thiophene rings is 1. The van der Waals surface area contributed by atoms with Gasteiger partial charge in [0.05, 0.1) is 11.1 Å². The molecule has 0 fully saturated rings. The van der Waals surface area contributed by atoms with Crippen LogP contribution < -0.4 is 5.32 Å². The van der Waals surface area contributed by atoms with Crippen LogP contribution in [0.2, 0.25) is 0 Å². The summed E-state index contributed by atoms with van der Waals surface area (Å²) in [6.45, 7) is 2.12. The molecule has 0 atom stereocenters. The maximum Gasteiger partial charge on any atom is 0.146 e. The van der Waals surface area contributed by atoms with Gasteiger partial charge in [-0.3, -0.25) is 0 Å². The second-order valence-electron chi connectivity index (χ2n) is 6.04. The lowest BCUT2D eigenvalue weighted by Gasteiger charge is -2.10. The van der Waals surface area contributed by atoms with Crippen molar-refractivity contribution in [2.75, 3.05) is 5.32 Å². The summed E-state index contributed by atoms with van der Waals surface area (Å²) in [6, 6.07) is 18.9. The number of para-hydroxylation sites is 1. The number of rotatable bonds is 5. The van der Waals surface area contributed by atoms with Gasteiger partial charge in [-0.1, -0.05) is 49.4 Å². The summed E-state index contributed by atoms with van der Waals surface area (Å²) in [5, 5.41) is 4.10. The molecule has 0 aliphatic heterocycles. The zero-order valence-corrected chi connectivity index (χ0v) is 15.2. The molecule has 5 heteroatoms. The van der Waals surface area contributed by atoms with Gasteiger partial charge in [-0.2, -0.15) is 0 Å². The lowest BCUT2D eigenvalue weighted by atomic mass is 10.1. The van der Waals surface area contributed by atoms with Crippen LogP contribution in [0.15, 0.2) is 60.7 Å². The summed E-state index contributed by atoms with van der Waals surface area (Å²) in [7, 11) is 0.